The van der Waals surface area contributed by atoms with E-state index in [-0.39, 0.29) is 17.3 Å². The fourth-order valence-electron chi connectivity index (χ4n) is 4.05. The highest BCUT2D eigenvalue weighted by molar-refractivity contribution is 5.95. The average Bonchev–Trinajstić information content (AvgIpc) is 2.80. The number of nitrogens with zero attached hydrogens (tertiary/aromatic N) is 3. The largest absolute Gasteiger partial charge is 0.495 e. The number of Topliss-reactive ketones (excluding diaryl/α,β-unsaturated/α-hetero) is 1. The molecule has 1 atom stereocenters. The lowest BCUT2D eigenvalue weighted by Gasteiger charge is -2.21. The molecule has 0 spiro atoms. The molecule has 0 bridgehead atoms. The molecule has 32 heavy (non-hydrogen) atoms. The highest BCUT2D eigenvalue weighted by Gasteiger charge is 2.24. The van der Waals surface area contributed by atoms with Crippen LogP contribution in [0.4, 0.5) is 0 Å². The van der Waals surface area contributed by atoms with E-state index in [9.17, 15) is 9.59 Å². The Labute approximate surface area is 187 Å². The number of ether oxygens (including phenoxy) is 2. The van der Waals surface area contributed by atoms with Crippen LogP contribution in [0.1, 0.15) is 46.6 Å². The summed E-state index contributed by atoms with van der Waals surface area (Å²) in [4.78, 5) is 32.9. The average molecular weight is 434 g/mol. The quantitative estimate of drug-likeness (QED) is 0.553. The Hall–Kier alpha value is -3.48. The van der Waals surface area contributed by atoms with Crippen LogP contribution < -0.4 is 15.0 Å². The normalized spacial score (nSPS) is 15.9. The molecule has 166 valence electrons. The smallest absolute Gasteiger partial charge is 0.268 e. The molecule has 0 N–H and O–H groups in total. The predicted molar refractivity (Wildman–Crippen MR) is 120 cm³/mol. The van der Waals surface area contributed by atoms with Crippen molar-refractivity contribution in [2.45, 2.75) is 38.7 Å². The van der Waals surface area contributed by atoms with Gasteiger partial charge in [-0.05, 0) is 67.5 Å². The van der Waals surface area contributed by atoms with E-state index in [0.29, 0.717) is 12.3 Å². The second-order valence-electron chi connectivity index (χ2n) is 8.12. The number of fused-ring (bicyclic) bond motifs is 1. The van der Waals surface area contributed by atoms with Crippen LogP contribution in [-0.2, 0) is 26.5 Å². The van der Waals surface area contributed by atoms with Crippen LogP contribution in [0, 0.1) is 5.92 Å². The molecule has 7 nitrogen and oxygen atoms in total. The summed E-state index contributed by atoms with van der Waals surface area (Å²) in [6, 6.07) is 9.95. The summed E-state index contributed by atoms with van der Waals surface area (Å²) in [5.74, 6) is 1.49. The van der Waals surface area contributed by atoms with Crippen molar-refractivity contribution in [3.8, 4) is 11.5 Å². The van der Waals surface area contributed by atoms with Crippen LogP contribution in [0.15, 0.2) is 53.7 Å². The molecule has 7 heteroatoms. The van der Waals surface area contributed by atoms with Gasteiger partial charge < -0.3 is 14.0 Å². The number of rotatable bonds is 6. The fraction of sp³-hybridized carbons (Fsp3) is 0.360. The molecule has 0 saturated carbocycles. The Bertz CT molecular complexity index is 1150. The lowest BCUT2D eigenvalue weighted by Crippen LogP contribution is -2.23. The van der Waals surface area contributed by atoms with Crippen molar-refractivity contribution in [3.05, 3.63) is 81.8 Å². The first kappa shape index (κ1) is 21.7. The number of benzene rings is 1. The van der Waals surface area contributed by atoms with Crippen molar-refractivity contribution in [2.75, 3.05) is 7.11 Å². The summed E-state index contributed by atoms with van der Waals surface area (Å²) in [6.07, 6.45) is 8.67. The zero-order valence-electron chi connectivity index (χ0n) is 18.4. The Morgan fingerprint density at radius 3 is 2.66 bits per heavy atom. The molecule has 1 aliphatic carbocycles. The van der Waals surface area contributed by atoms with Crippen LogP contribution in [0.5, 0.6) is 11.5 Å². The van der Waals surface area contributed by atoms with Crippen molar-refractivity contribution >= 4 is 5.78 Å². The van der Waals surface area contributed by atoms with Gasteiger partial charge in [-0.2, -0.15) is 0 Å². The monoisotopic (exact) mass is 433 g/mol. The fourth-order valence-corrected chi connectivity index (χ4v) is 4.05. The number of carbonyl (C=O) groups excluding carboxylic acids is 1. The van der Waals surface area contributed by atoms with Crippen LogP contribution in [0.25, 0.3) is 0 Å². The van der Waals surface area contributed by atoms with Crippen LogP contribution in [0.3, 0.4) is 0 Å². The van der Waals surface area contributed by atoms with Crippen molar-refractivity contribution < 1.29 is 14.3 Å². The van der Waals surface area contributed by atoms with Gasteiger partial charge in [0.05, 0.1) is 25.2 Å². The number of ketones is 1. The first-order valence-electron chi connectivity index (χ1n) is 10.8. The number of hydrogen-bond donors (Lipinski definition) is 0. The summed E-state index contributed by atoms with van der Waals surface area (Å²) in [7, 11) is 3.25. The minimum absolute atomic E-state index is 0.0241. The molecular weight excluding hydrogens is 406 g/mol. The maximum Gasteiger partial charge on any atom is 0.268 e. The Balaban J connectivity index is 1.40. The SMILES string of the molecule is COc1ccc(COc2ccc3c(c2)CCC[C@H](C(=O)c2cn(C)c(=O)cn2)CC3)nc1. The Kier molecular flexibility index (Phi) is 6.63. The zero-order valence-corrected chi connectivity index (χ0v) is 18.4. The molecule has 0 unspecified atom stereocenters. The maximum absolute atomic E-state index is 12.9. The van der Waals surface area contributed by atoms with Crippen LogP contribution in [0.2, 0.25) is 0 Å². The zero-order chi connectivity index (χ0) is 22.5. The van der Waals surface area contributed by atoms with Gasteiger partial charge in [-0.1, -0.05) is 6.07 Å². The number of hydrogen-bond acceptors (Lipinski definition) is 6. The summed E-state index contributed by atoms with van der Waals surface area (Å²) in [6.45, 7) is 0.395. The van der Waals surface area contributed by atoms with Gasteiger partial charge in [0.1, 0.15) is 23.8 Å². The van der Waals surface area contributed by atoms with Gasteiger partial charge in [-0.3, -0.25) is 14.6 Å². The number of methoxy groups -OCH3 is 1. The number of aromatic nitrogens is 3. The first-order chi connectivity index (χ1) is 15.5. The van der Waals surface area contributed by atoms with Crippen molar-refractivity contribution in [1.82, 2.24) is 14.5 Å². The van der Waals surface area contributed by atoms with Gasteiger partial charge in [0.25, 0.3) is 5.56 Å². The molecule has 0 radical (unpaired) electrons. The summed E-state index contributed by atoms with van der Waals surface area (Å²) < 4.78 is 12.5. The van der Waals surface area contributed by atoms with E-state index in [1.807, 2.05) is 18.2 Å². The molecule has 4 rings (SSSR count). The summed E-state index contributed by atoms with van der Waals surface area (Å²) >= 11 is 0. The van der Waals surface area contributed by atoms with E-state index in [0.717, 1.165) is 49.3 Å². The van der Waals surface area contributed by atoms with E-state index in [2.05, 4.69) is 22.1 Å². The van der Waals surface area contributed by atoms with E-state index in [4.69, 9.17) is 9.47 Å². The highest BCUT2D eigenvalue weighted by Crippen LogP contribution is 2.28. The molecule has 1 aliphatic rings. The molecule has 0 aliphatic heterocycles. The molecule has 2 heterocycles. The second-order valence-corrected chi connectivity index (χ2v) is 8.12. The topological polar surface area (TPSA) is 83.3 Å². The van der Waals surface area contributed by atoms with Gasteiger partial charge in [0, 0.05) is 19.2 Å². The van der Waals surface area contributed by atoms with Crippen molar-refractivity contribution in [1.29, 1.82) is 0 Å². The van der Waals surface area contributed by atoms with Gasteiger partial charge in [0.2, 0.25) is 0 Å². The van der Waals surface area contributed by atoms with Gasteiger partial charge in [-0.15, -0.1) is 0 Å². The summed E-state index contributed by atoms with van der Waals surface area (Å²) in [5.41, 5.74) is 3.52. The van der Waals surface area contributed by atoms with Crippen LogP contribution >= 0.6 is 0 Å². The number of aryl methyl sites for hydroxylation is 3. The molecular formula is C25H27N3O4. The van der Waals surface area contributed by atoms with Gasteiger partial charge >= 0.3 is 0 Å². The third kappa shape index (κ3) is 5.04. The minimum atomic E-state index is -0.214. The van der Waals surface area contributed by atoms with E-state index < -0.39 is 0 Å². The van der Waals surface area contributed by atoms with Gasteiger partial charge in [-0.25, -0.2) is 4.98 Å². The van der Waals surface area contributed by atoms with Crippen LogP contribution in [-0.4, -0.2) is 27.4 Å². The Morgan fingerprint density at radius 1 is 1.06 bits per heavy atom. The molecule has 2 aromatic heterocycles. The highest BCUT2D eigenvalue weighted by atomic mass is 16.5. The van der Waals surface area contributed by atoms with E-state index in [1.165, 1.54) is 21.9 Å². The lowest BCUT2D eigenvalue weighted by atomic mass is 9.84. The number of pyridine rings is 1. The lowest BCUT2D eigenvalue weighted by molar-refractivity contribution is 0.0897. The molecule has 1 aromatic carbocycles. The molecule has 0 saturated heterocycles. The van der Waals surface area contributed by atoms with E-state index in [1.54, 1.807) is 26.6 Å². The molecule has 3 aromatic rings. The molecule has 0 fully saturated rings. The standard InChI is InChI=1S/C25H27N3O4/c1-28-15-23(27-14-24(28)29)25(30)18-4-3-5-19-12-21(10-8-17(19)6-7-18)32-16-20-9-11-22(31-2)13-26-20/h8-15,18H,3-7,16H2,1-2H3/t18-/m0/s1. The van der Waals surface area contributed by atoms with Crippen molar-refractivity contribution in [3.63, 3.8) is 0 Å². The van der Waals surface area contributed by atoms with Gasteiger partial charge in [0.15, 0.2) is 5.78 Å². The Morgan fingerprint density at radius 2 is 1.91 bits per heavy atom. The molecule has 0 amide bonds. The minimum Gasteiger partial charge on any atom is -0.495 e. The second kappa shape index (κ2) is 9.77. The number of carbonyl (C=O) groups is 1. The third-order valence-corrected chi connectivity index (χ3v) is 5.96. The first-order valence-corrected chi connectivity index (χ1v) is 10.8. The predicted octanol–water partition coefficient (Wildman–Crippen LogP) is 3.53. The maximum atomic E-state index is 12.9. The van der Waals surface area contributed by atoms with Crippen molar-refractivity contribution in [2.24, 2.45) is 13.0 Å². The summed E-state index contributed by atoms with van der Waals surface area (Å²) in [5, 5.41) is 0. The van der Waals surface area contributed by atoms with E-state index >= 15 is 0 Å². The third-order valence-electron chi connectivity index (χ3n) is 5.96.